The van der Waals surface area contributed by atoms with Crippen molar-refractivity contribution in [3.63, 3.8) is 0 Å². The van der Waals surface area contributed by atoms with Gasteiger partial charge in [-0.3, -0.25) is 10.1 Å². The van der Waals surface area contributed by atoms with E-state index in [9.17, 15) is 23.3 Å². The molecule has 17 heavy (non-hydrogen) atoms. The Bertz CT molecular complexity index is 414. The molecule has 0 aromatic heterocycles. The topological polar surface area (TPSA) is 43.1 Å². The number of alkyl halides is 3. The molecule has 0 radical (unpaired) electrons. The Morgan fingerprint density at radius 2 is 1.65 bits per heavy atom. The van der Waals surface area contributed by atoms with E-state index in [4.69, 9.17) is 0 Å². The molecule has 96 valence electrons. The fourth-order valence-electron chi connectivity index (χ4n) is 1.32. The minimum Gasteiger partial charge on any atom is -0.258 e. The fourth-order valence-corrected chi connectivity index (χ4v) is 1.32. The number of hydrogen-bond donors (Lipinski definition) is 0. The molecule has 0 amide bonds. The Labute approximate surface area is 97.4 Å². The van der Waals surface area contributed by atoms with E-state index in [-0.39, 0.29) is 11.1 Å². The second kappa shape index (κ2) is 5.65. The number of aryl methyl sites for hydroxylation is 1. The number of nitro groups is 1. The molecule has 1 rings (SSSR count). The Kier molecular flexibility index (Phi) is 5.12. The number of rotatable bonds is 1. The fraction of sp³-hybridized carbons (Fsp3) is 0.455. The van der Waals surface area contributed by atoms with E-state index in [1.54, 1.807) is 0 Å². The van der Waals surface area contributed by atoms with E-state index in [1.807, 2.05) is 13.8 Å². The predicted molar refractivity (Wildman–Crippen MR) is 58.9 cm³/mol. The van der Waals surface area contributed by atoms with Crippen LogP contribution in [0.1, 0.15) is 30.5 Å². The quantitative estimate of drug-likeness (QED) is 0.551. The van der Waals surface area contributed by atoms with E-state index in [2.05, 4.69) is 0 Å². The van der Waals surface area contributed by atoms with Crippen LogP contribution >= 0.6 is 0 Å². The molecule has 0 aliphatic heterocycles. The summed E-state index contributed by atoms with van der Waals surface area (Å²) in [5, 5.41) is 10.5. The van der Waals surface area contributed by atoms with E-state index in [0.717, 1.165) is 19.1 Å². The number of hydrogen-bond acceptors (Lipinski definition) is 2. The first-order valence-electron chi connectivity index (χ1n) is 5.06. The number of halogens is 3. The summed E-state index contributed by atoms with van der Waals surface area (Å²) in [7, 11) is 0. The summed E-state index contributed by atoms with van der Waals surface area (Å²) in [4.78, 5) is 9.68. The van der Waals surface area contributed by atoms with Crippen molar-refractivity contribution in [2.24, 2.45) is 0 Å². The molecular weight excluding hydrogens is 235 g/mol. The van der Waals surface area contributed by atoms with E-state index in [1.165, 1.54) is 6.92 Å². The number of benzene rings is 1. The highest BCUT2D eigenvalue weighted by atomic mass is 19.4. The highest BCUT2D eigenvalue weighted by Gasteiger charge is 2.35. The van der Waals surface area contributed by atoms with Crippen molar-refractivity contribution in [1.82, 2.24) is 0 Å². The zero-order chi connectivity index (χ0) is 13.8. The third kappa shape index (κ3) is 3.72. The van der Waals surface area contributed by atoms with Crippen LogP contribution in [0, 0.1) is 24.0 Å². The van der Waals surface area contributed by atoms with E-state index in [0.29, 0.717) is 0 Å². The Morgan fingerprint density at radius 1 is 1.18 bits per heavy atom. The lowest BCUT2D eigenvalue weighted by Gasteiger charge is -2.11. The van der Waals surface area contributed by atoms with Gasteiger partial charge in [0.25, 0.3) is 5.69 Å². The van der Waals surface area contributed by atoms with Crippen LogP contribution in [0.3, 0.4) is 0 Å². The molecule has 0 bridgehead atoms. The summed E-state index contributed by atoms with van der Waals surface area (Å²) in [6, 6.07) is 2.03. The minimum absolute atomic E-state index is 0.222. The van der Waals surface area contributed by atoms with Gasteiger partial charge in [0.2, 0.25) is 0 Å². The molecule has 6 heteroatoms. The summed E-state index contributed by atoms with van der Waals surface area (Å²) >= 11 is 0. The largest absolute Gasteiger partial charge is 0.416 e. The lowest BCUT2D eigenvalue weighted by Crippen LogP contribution is -2.09. The van der Waals surface area contributed by atoms with Gasteiger partial charge in [0.1, 0.15) is 0 Å². The lowest BCUT2D eigenvalue weighted by molar-refractivity contribution is -0.385. The van der Waals surface area contributed by atoms with Crippen LogP contribution in [0.2, 0.25) is 0 Å². The zero-order valence-electron chi connectivity index (χ0n) is 10.1. The zero-order valence-corrected chi connectivity index (χ0v) is 10.1. The molecule has 0 spiro atoms. The highest BCUT2D eigenvalue weighted by Crippen LogP contribution is 2.36. The van der Waals surface area contributed by atoms with Crippen LogP contribution in [0.4, 0.5) is 18.9 Å². The summed E-state index contributed by atoms with van der Waals surface area (Å²) in [5.41, 5.74) is -1.57. The first kappa shape index (κ1) is 15.4. The third-order valence-corrected chi connectivity index (χ3v) is 2.03. The average molecular weight is 249 g/mol. The standard InChI is InChI=1S/C9H8F3NO2.C2H6/c1-5-3-7(9(10,11)12)6(2)8(4-5)13(14)15;1-2/h3-4H,1-2H3;1-2H3. The second-order valence-electron chi connectivity index (χ2n) is 3.21. The Morgan fingerprint density at radius 3 is 2.00 bits per heavy atom. The normalized spacial score (nSPS) is 10.5. The number of nitrogens with zero attached hydrogens (tertiary/aromatic N) is 1. The maximum absolute atomic E-state index is 12.4. The van der Waals surface area contributed by atoms with Gasteiger partial charge in [0.05, 0.1) is 10.5 Å². The van der Waals surface area contributed by atoms with Crippen molar-refractivity contribution >= 4 is 5.69 Å². The van der Waals surface area contributed by atoms with Crippen molar-refractivity contribution in [2.45, 2.75) is 33.9 Å². The molecule has 0 N–H and O–H groups in total. The summed E-state index contributed by atoms with van der Waals surface area (Å²) in [6.45, 7) is 6.49. The van der Waals surface area contributed by atoms with Gasteiger partial charge in [-0.25, -0.2) is 0 Å². The molecule has 1 aromatic carbocycles. The SMILES string of the molecule is CC.Cc1cc([N+](=O)[O-])c(C)c(C(F)(F)F)c1. The maximum Gasteiger partial charge on any atom is 0.416 e. The molecule has 0 aliphatic carbocycles. The number of nitro benzene ring substituents is 1. The molecule has 0 saturated carbocycles. The lowest BCUT2D eigenvalue weighted by atomic mass is 10.0. The van der Waals surface area contributed by atoms with Gasteiger partial charge in [-0.15, -0.1) is 0 Å². The van der Waals surface area contributed by atoms with Crippen LogP contribution in [0.5, 0.6) is 0 Å². The Hall–Kier alpha value is -1.59. The van der Waals surface area contributed by atoms with Gasteiger partial charge >= 0.3 is 6.18 Å². The van der Waals surface area contributed by atoms with Crippen molar-refractivity contribution in [2.75, 3.05) is 0 Å². The first-order valence-corrected chi connectivity index (χ1v) is 5.06. The van der Waals surface area contributed by atoms with Crippen molar-refractivity contribution < 1.29 is 18.1 Å². The van der Waals surface area contributed by atoms with Crippen LogP contribution in [-0.4, -0.2) is 4.92 Å². The monoisotopic (exact) mass is 249 g/mol. The summed E-state index contributed by atoms with van der Waals surface area (Å²) in [6.07, 6.45) is -4.55. The molecule has 0 fully saturated rings. The van der Waals surface area contributed by atoms with Gasteiger partial charge in [0, 0.05) is 11.6 Å². The van der Waals surface area contributed by atoms with Crippen molar-refractivity contribution in [3.05, 3.63) is 38.9 Å². The highest BCUT2D eigenvalue weighted by molar-refractivity contribution is 5.48. The third-order valence-electron chi connectivity index (χ3n) is 2.03. The summed E-state index contributed by atoms with van der Waals surface area (Å²) in [5.74, 6) is 0. The van der Waals surface area contributed by atoms with Gasteiger partial charge in [-0.05, 0) is 25.5 Å². The van der Waals surface area contributed by atoms with Gasteiger partial charge < -0.3 is 0 Å². The maximum atomic E-state index is 12.4. The van der Waals surface area contributed by atoms with Crippen molar-refractivity contribution in [3.8, 4) is 0 Å². The smallest absolute Gasteiger partial charge is 0.258 e. The molecule has 1 aromatic rings. The first-order chi connectivity index (χ1) is 7.73. The van der Waals surface area contributed by atoms with Crippen molar-refractivity contribution in [1.29, 1.82) is 0 Å². The van der Waals surface area contributed by atoms with Gasteiger partial charge in [-0.1, -0.05) is 13.8 Å². The van der Waals surface area contributed by atoms with Gasteiger partial charge in [-0.2, -0.15) is 13.2 Å². The minimum atomic E-state index is -4.55. The molecular formula is C11H14F3NO2. The van der Waals surface area contributed by atoms with Crippen LogP contribution < -0.4 is 0 Å². The van der Waals surface area contributed by atoms with E-state index >= 15 is 0 Å². The van der Waals surface area contributed by atoms with Crippen LogP contribution in [0.15, 0.2) is 12.1 Å². The summed E-state index contributed by atoms with van der Waals surface area (Å²) < 4.78 is 37.3. The second-order valence-corrected chi connectivity index (χ2v) is 3.21. The van der Waals surface area contributed by atoms with Gasteiger partial charge in [0.15, 0.2) is 0 Å². The van der Waals surface area contributed by atoms with E-state index < -0.39 is 22.4 Å². The molecule has 0 unspecified atom stereocenters. The molecule has 0 aliphatic rings. The van der Waals surface area contributed by atoms with Crippen LogP contribution in [0.25, 0.3) is 0 Å². The average Bonchev–Trinajstić information content (AvgIpc) is 2.22. The Balaban J connectivity index is 0.00000121. The predicted octanol–water partition coefficient (Wildman–Crippen LogP) is 4.26. The molecule has 0 heterocycles. The molecule has 0 atom stereocenters. The molecule has 3 nitrogen and oxygen atoms in total. The van der Waals surface area contributed by atoms with Crippen LogP contribution in [-0.2, 0) is 6.18 Å². The molecule has 0 saturated heterocycles.